The van der Waals surface area contributed by atoms with Gasteiger partial charge in [0.25, 0.3) is 0 Å². The fraction of sp³-hybridized carbons (Fsp3) is 0.286. The lowest BCUT2D eigenvalue weighted by molar-refractivity contribution is -0.123. The second-order valence-electron chi connectivity index (χ2n) is 4.07. The first-order valence-corrected chi connectivity index (χ1v) is 7.00. The quantitative estimate of drug-likeness (QED) is 0.779. The minimum Gasteiger partial charge on any atom is -0.355 e. The van der Waals surface area contributed by atoms with Crippen molar-refractivity contribution in [1.82, 2.24) is 10.6 Å². The predicted octanol–water partition coefficient (Wildman–Crippen LogP) is 2.24. The molecule has 0 aromatic heterocycles. The van der Waals surface area contributed by atoms with E-state index >= 15 is 0 Å². The summed E-state index contributed by atoms with van der Waals surface area (Å²) in [5.74, 6) is -1.11. The van der Waals surface area contributed by atoms with Gasteiger partial charge in [-0.15, -0.1) is 0 Å². The molecule has 4 nitrogen and oxygen atoms in total. The van der Waals surface area contributed by atoms with Gasteiger partial charge in [-0.3, -0.25) is 9.59 Å². The van der Waals surface area contributed by atoms with Crippen molar-refractivity contribution in [1.29, 1.82) is 0 Å². The maximum atomic E-state index is 13.4. The summed E-state index contributed by atoms with van der Waals surface area (Å²) in [6, 6.07) is 4.44. The third-order valence-corrected chi connectivity index (χ3v) is 2.86. The average molecular weight is 343 g/mol. The smallest absolute Gasteiger partial charge is 0.244 e. The van der Waals surface area contributed by atoms with Gasteiger partial charge in [0.15, 0.2) is 0 Å². The van der Waals surface area contributed by atoms with E-state index in [9.17, 15) is 14.0 Å². The van der Waals surface area contributed by atoms with Gasteiger partial charge < -0.3 is 10.6 Å². The van der Waals surface area contributed by atoms with Crippen LogP contribution < -0.4 is 10.6 Å². The first kappa shape index (κ1) is 16.4. The van der Waals surface area contributed by atoms with Crippen LogP contribution in [-0.4, -0.2) is 24.9 Å². The van der Waals surface area contributed by atoms with Crippen molar-refractivity contribution >= 4 is 33.8 Å². The number of carbonyl (C=O) groups is 2. The molecular weight excluding hydrogens is 327 g/mol. The second-order valence-corrected chi connectivity index (χ2v) is 4.98. The van der Waals surface area contributed by atoms with Crippen LogP contribution in [0.2, 0.25) is 0 Å². The maximum Gasteiger partial charge on any atom is 0.244 e. The van der Waals surface area contributed by atoms with Gasteiger partial charge in [0.1, 0.15) is 5.82 Å². The molecular formula is C14H16BrFN2O2. The molecule has 108 valence electrons. The van der Waals surface area contributed by atoms with Crippen molar-refractivity contribution in [3.05, 3.63) is 40.1 Å². The molecule has 0 radical (unpaired) electrons. The molecule has 1 aromatic rings. The van der Waals surface area contributed by atoms with Crippen LogP contribution in [0.3, 0.4) is 0 Å². The monoisotopic (exact) mass is 342 g/mol. The van der Waals surface area contributed by atoms with Crippen LogP contribution in [-0.2, 0) is 9.59 Å². The van der Waals surface area contributed by atoms with E-state index in [4.69, 9.17) is 0 Å². The van der Waals surface area contributed by atoms with Gasteiger partial charge in [-0.05, 0) is 30.7 Å². The molecule has 6 heteroatoms. The zero-order chi connectivity index (χ0) is 15.0. The van der Waals surface area contributed by atoms with E-state index in [2.05, 4.69) is 26.6 Å². The molecule has 20 heavy (non-hydrogen) atoms. The van der Waals surface area contributed by atoms with Crippen LogP contribution in [0.4, 0.5) is 4.39 Å². The Balaban J connectivity index is 2.47. The summed E-state index contributed by atoms with van der Waals surface area (Å²) in [5.41, 5.74) is 0.296. The molecule has 0 bridgehead atoms. The average Bonchev–Trinajstić information content (AvgIpc) is 2.43. The molecule has 0 heterocycles. The second kappa shape index (κ2) is 8.47. The van der Waals surface area contributed by atoms with Crippen molar-refractivity contribution in [2.75, 3.05) is 13.1 Å². The molecule has 0 spiro atoms. The van der Waals surface area contributed by atoms with Gasteiger partial charge in [-0.2, -0.15) is 0 Å². The molecule has 0 saturated heterocycles. The number of nitrogens with one attached hydrogen (secondary N) is 2. The highest BCUT2D eigenvalue weighted by Crippen LogP contribution is 2.16. The van der Waals surface area contributed by atoms with Gasteiger partial charge in [0.05, 0.1) is 6.54 Å². The predicted molar refractivity (Wildman–Crippen MR) is 79.4 cm³/mol. The molecule has 0 aliphatic rings. The van der Waals surface area contributed by atoms with Gasteiger partial charge >= 0.3 is 0 Å². The van der Waals surface area contributed by atoms with E-state index in [0.717, 1.165) is 10.9 Å². The highest BCUT2D eigenvalue weighted by atomic mass is 79.9. The molecule has 1 rings (SSSR count). The van der Waals surface area contributed by atoms with Crippen LogP contribution in [0.15, 0.2) is 28.7 Å². The standard InChI is InChI=1S/C14H16BrFN2O2/c1-2-7-17-14(20)9-18-13(19)6-3-10-8-11(15)4-5-12(10)16/h3-6,8H,2,7,9H2,1H3,(H,17,20)(H,18,19)/b6-3+. The lowest BCUT2D eigenvalue weighted by atomic mass is 10.2. The first-order chi connectivity index (χ1) is 9.52. The molecule has 2 amide bonds. The zero-order valence-corrected chi connectivity index (χ0v) is 12.7. The SMILES string of the molecule is CCCNC(=O)CNC(=O)/C=C/c1cc(Br)ccc1F. The van der Waals surface area contributed by atoms with Crippen LogP contribution in [0, 0.1) is 5.82 Å². The maximum absolute atomic E-state index is 13.4. The van der Waals surface area contributed by atoms with E-state index in [0.29, 0.717) is 12.1 Å². The minimum atomic E-state index is -0.448. The summed E-state index contributed by atoms with van der Waals surface area (Å²) in [6.45, 7) is 2.42. The third kappa shape index (κ3) is 5.97. The summed E-state index contributed by atoms with van der Waals surface area (Å²) in [6.07, 6.45) is 3.39. The molecule has 0 aliphatic heterocycles. The van der Waals surface area contributed by atoms with Crippen molar-refractivity contribution in [3.8, 4) is 0 Å². The lowest BCUT2D eigenvalue weighted by Gasteiger charge is -2.03. The number of hydrogen-bond donors (Lipinski definition) is 2. The van der Waals surface area contributed by atoms with E-state index in [1.165, 1.54) is 18.2 Å². The largest absolute Gasteiger partial charge is 0.355 e. The van der Waals surface area contributed by atoms with Crippen LogP contribution in [0.5, 0.6) is 0 Å². The van der Waals surface area contributed by atoms with E-state index in [1.807, 2.05) is 6.92 Å². The Morgan fingerprint density at radius 1 is 1.35 bits per heavy atom. The Hall–Kier alpha value is -1.69. The van der Waals surface area contributed by atoms with Crippen LogP contribution in [0.25, 0.3) is 6.08 Å². The fourth-order valence-corrected chi connectivity index (χ4v) is 1.74. The van der Waals surface area contributed by atoms with E-state index in [1.54, 1.807) is 12.1 Å². The summed E-state index contributed by atoms with van der Waals surface area (Å²) in [7, 11) is 0. The normalized spacial score (nSPS) is 10.6. The first-order valence-electron chi connectivity index (χ1n) is 6.20. The highest BCUT2D eigenvalue weighted by Gasteiger charge is 2.03. The van der Waals surface area contributed by atoms with Crippen molar-refractivity contribution in [2.45, 2.75) is 13.3 Å². The lowest BCUT2D eigenvalue weighted by Crippen LogP contribution is -2.36. The van der Waals surface area contributed by atoms with Crippen LogP contribution in [0.1, 0.15) is 18.9 Å². The molecule has 0 aliphatic carbocycles. The Morgan fingerprint density at radius 2 is 2.10 bits per heavy atom. The summed E-state index contributed by atoms with van der Waals surface area (Å²) >= 11 is 3.22. The Bertz CT molecular complexity index is 518. The van der Waals surface area contributed by atoms with Gasteiger partial charge in [0, 0.05) is 22.7 Å². The molecule has 2 N–H and O–H groups in total. The number of rotatable bonds is 6. The Kier molecular flexibility index (Phi) is 6.93. The van der Waals surface area contributed by atoms with E-state index < -0.39 is 11.7 Å². The number of hydrogen-bond acceptors (Lipinski definition) is 2. The molecule has 0 atom stereocenters. The van der Waals surface area contributed by atoms with Crippen molar-refractivity contribution < 1.29 is 14.0 Å². The number of amides is 2. The minimum absolute atomic E-state index is 0.0931. The van der Waals surface area contributed by atoms with Crippen molar-refractivity contribution in [2.24, 2.45) is 0 Å². The highest BCUT2D eigenvalue weighted by molar-refractivity contribution is 9.10. The summed E-state index contributed by atoms with van der Waals surface area (Å²) in [4.78, 5) is 22.7. The molecule has 0 fully saturated rings. The summed E-state index contributed by atoms with van der Waals surface area (Å²) in [5, 5.41) is 5.06. The number of carbonyl (C=O) groups excluding carboxylic acids is 2. The zero-order valence-electron chi connectivity index (χ0n) is 11.1. The molecule has 0 unspecified atom stereocenters. The van der Waals surface area contributed by atoms with E-state index in [-0.39, 0.29) is 12.5 Å². The Labute approximate surface area is 125 Å². The Morgan fingerprint density at radius 3 is 2.80 bits per heavy atom. The number of halogens is 2. The van der Waals surface area contributed by atoms with Gasteiger partial charge in [0.2, 0.25) is 11.8 Å². The van der Waals surface area contributed by atoms with Gasteiger partial charge in [-0.1, -0.05) is 22.9 Å². The number of benzene rings is 1. The van der Waals surface area contributed by atoms with Crippen LogP contribution >= 0.6 is 15.9 Å². The molecule has 1 aromatic carbocycles. The molecule has 0 saturated carbocycles. The van der Waals surface area contributed by atoms with Gasteiger partial charge in [-0.25, -0.2) is 4.39 Å². The summed E-state index contributed by atoms with van der Waals surface area (Å²) < 4.78 is 14.1. The fourth-order valence-electron chi connectivity index (χ4n) is 1.36. The van der Waals surface area contributed by atoms with Crippen molar-refractivity contribution in [3.63, 3.8) is 0 Å². The topological polar surface area (TPSA) is 58.2 Å². The third-order valence-electron chi connectivity index (χ3n) is 2.37.